The van der Waals surface area contributed by atoms with E-state index in [9.17, 15) is 4.79 Å². The molecule has 0 spiro atoms. The van der Waals surface area contributed by atoms with Crippen molar-refractivity contribution >= 4 is 5.97 Å². The maximum Gasteiger partial charge on any atom is 0.305 e. The monoisotopic (exact) mass is 279 g/mol. The largest absolute Gasteiger partial charge is 0.466 e. The Morgan fingerprint density at radius 2 is 1.90 bits per heavy atom. The Bertz CT molecular complexity index is 394. The van der Waals surface area contributed by atoms with Gasteiger partial charge in [-0.05, 0) is 52.0 Å². The van der Waals surface area contributed by atoms with E-state index in [2.05, 4.69) is 23.0 Å². The molecule has 0 aromatic rings. The van der Waals surface area contributed by atoms with E-state index >= 15 is 0 Å². The topological polar surface area (TPSA) is 75.1 Å². The van der Waals surface area contributed by atoms with Crippen LogP contribution in [-0.4, -0.2) is 19.1 Å². The molecule has 0 aliphatic carbocycles. The molecule has 0 aliphatic rings. The quantitative estimate of drug-likeness (QED) is 0.191. The molecule has 0 atom stereocenters. The highest BCUT2D eigenvalue weighted by atomic mass is 16.5. The van der Waals surface area contributed by atoms with Crippen molar-refractivity contribution in [2.75, 3.05) is 13.2 Å². The summed E-state index contributed by atoms with van der Waals surface area (Å²) in [6, 6.07) is 0. The predicted octanol–water partition coefficient (Wildman–Crippen LogP) is 4.70. The summed E-state index contributed by atoms with van der Waals surface area (Å²) in [6.45, 7) is 6.82. The highest BCUT2D eigenvalue weighted by molar-refractivity contribution is 5.69. The average Bonchev–Trinajstić information content (AvgIpc) is 2.39. The van der Waals surface area contributed by atoms with E-state index in [0.29, 0.717) is 19.6 Å². The summed E-state index contributed by atoms with van der Waals surface area (Å²) in [5.41, 5.74) is 10.7. The molecule has 5 nitrogen and oxygen atoms in total. The van der Waals surface area contributed by atoms with E-state index in [-0.39, 0.29) is 5.97 Å². The molecule has 0 saturated heterocycles. The van der Waals surface area contributed by atoms with Gasteiger partial charge in [0.25, 0.3) is 0 Å². The van der Waals surface area contributed by atoms with Gasteiger partial charge >= 0.3 is 5.97 Å². The molecule has 0 bridgehead atoms. The van der Waals surface area contributed by atoms with E-state index in [0.717, 1.165) is 25.7 Å². The van der Waals surface area contributed by atoms with Gasteiger partial charge in [0.15, 0.2) is 0 Å². The van der Waals surface area contributed by atoms with Crippen LogP contribution in [-0.2, 0) is 9.53 Å². The highest BCUT2D eigenvalue weighted by Crippen LogP contribution is 2.11. The van der Waals surface area contributed by atoms with Crippen LogP contribution in [0.15, 0.2) is 28.4 Å². The molecule has 0 aliphatic heterocycles. The number of allylic oxidation sites excluding steroid dienone is 3. The van der Waals surface area contributed by atoms with Crippen LogP contribution >= 0.6 is 0 Å². The van der Waals surface area contributed by atoms with Crippen molar-refractivity contribution in [3.05, 3.63) is 33.7 Å². The standard InChI is InChI=1S/C15H25N3O2/c1-4-20-15(19)10-6-9-13(2)7-5-8-14(3)11-12-17-18-16/h7,11H,4-6,8-10,12H2,1-3H3/b13-7+,14-11+. The first-order chi connectivity index (χ1) is 9.60. The van der Waals surface area contributed by atoms with Crippen molar-refractivity contribution in [1.29, 1.82) is 0 Å². The summed E-state index contributed by atoms with van der Waals surface area (Å²) in [4.78, 5) is 13.9. The SMILES string of the molecule is CCOC(=O)CCC/C(C)=C/CC/C(C)=C/CN=[N+]=[N-]. The van der Waals surface area contributed by atoms with E-state index < -0.39 is 0 Å². The molecule has 0 rings (SSSR count). The van der Waals surface area contributed by atoms with Crippen LogP contribution in [0.5, 0.6) is 0 Å². The lowest BCUT2D eigenvalue weighted by Crippen LogP contribution is -2.03. The molecular weight excluding hydrogens is 254 g/mol. The predicted molar refractivity (Wildman–Crippen MR) is 81.2 cm³/mol. The van der Waals surface area contributed by atoms with Gasteiger partial charge in [0, 0.05) is 17.9 Å². The van der Waals surface area contributed by atoms with Crippen LogP contribution in [0.3, 0.4) is 0 Å². The van der Waals surface area contributed by atoms with Gasteiger partial charge in [0.2, 0.25) is 0 Å². The third kappa shape index (κ3) is 11.4. The normalized spacial score (nSPS) is 11.9. The maximum absolute atomic E-state index is 11.2. The van der Waals surface area contributed by atoms with Crippen molar-refractivity contribution < 1.29 is 9.53 Å². The Hall–Kier alpha value is -1.74. The second-order valence-electron chi connectivity index (χ2n) is 4.71. The minimum atomic E-state index is -0.114. The Balaban J connectivity index is 3.82. The molecule has 5 heteroatoms. The summed E-state index contributed by atoms with van der Waals surface area (Å²) in [7, 11) is 0. The fraction of sp³-hybridized carbons (Fsp3) is 0.667. The van der Waals surface area contributed by atoms with Crippen LogP contribution < -0.4 is 0 Å². The van der Waals surface area contributed by atoms with Gasteiger partial charge in [0.1, 0.15) is 0 Å². The molecular formula is C15H25N3O2. The average molecular weight is 279 g/mol. The van der Waals surface area contributed by atoms with Gasteiger partial charge in [-0.25, -0.2) is 0 Å². The molecule has 0 amide bonds. The second kappa shape index (κ2) is 12.3. The molecule has 0 heterocycles. The number of azide groups is 1. The Morgan fingerprint density at radius 1 is 1.20 bits per heavy atom. The number of nitrogens with zero attached hydrogens (tertiary/aromatic N) is 3. The maximum atomic E-state index is 11.2. The number of carbonyl (C=O) groups excluding carboxylic acids is 1. The van der Waals surface area contributed by atoms with Crippen LogP contribution in [0.1, 0.15) is 52.9 Å². The molecule has 0 saturated carbocycles. The lowest BCUT2D eigenvalue weighted by Gasteiger charge is -2.03. The van der Waals surface area contributed by atoms with Crippen LogP contribution in [0.25, 0.3) is 10.4 Å². The summed E-state index contributed by atoms with van der Waals surface area (Å²) >= 11 is 0. The van der Waals surface area contributed by atoms with Crippen molar-refractivity contribution in [3.8, 4) is 0 Å². The van der Waals surface area contributed by atoms with E-state index in [1.54, 1.807) is 0 Å². The van der Waals surface area contributed by atoms with Gasteiger partial charge < -0.3 is 4.74 Å². The summed E-state index contributed by atoms with van der Waals surface area (Å²) in [6.07, 6.45) is 8.36. The summed E-state index contributed by atoms with van der Waals surface area (Å²) in [5.74, 6) is -0.114. The van der Waals surface area contributed by atoms with Crippen LogP contribution in [0, 0.1) is 0 Å². The molecule has 0 aromatic heterocycles. The van der Waals surface area contributed by atoms with Crippen molar-refractivity contribution in [3.63, 3.8) is 0 Å². The molecule has 112 valence electrons. The van der Waals surface area contributed by atoms with Gasteiger partial charge in [-0.1, -0.05) is 28.4 Å². The number of ether oxygens (including phenoxy) is 1. The van der Waals surface area contributed by atoms with E-state index in [1.165, 1.54) is 11.1 Å². The summed E-state index contributed by atoms with van der Waals surface area (Å²) < 4.78 is 4.88. The van der Waals surface area contributed by atoms with E-state index in [1.807, 2.05) is 19.9 Å². The molecule has 0 fully saturated rings. The number of esters is 1. The van der Waals surface area contributed by atoms with Gasteiger partial charge in [0.05, 0.1) is 6.61 Å². The van der Waals surface area contributed by atoms with Crippen molar-refractivity contribution in [1.82, 2.24) is 0 Å². The highest BCUT2D eigenvalue weighted by Gasteiger charge is 2.01. The zero-order valence-corrected chi connectivity index (χ0v) is 12.8. The first-order valence-corrected chi connectivity index (χ1v) is 7.07. The first-order valence-electron chi connectivity index (χ1n) is 7.07. The van der Waals surface area contributed by atoms with Gasteiger partial charge in [-0.15, -0.1) is 0 Å². The zero-order chi connectivity index (χ0) is 15.2. The van der Waals surface area contributed by atoms with Gasteiger partial charge in [-0.3, -0.25) is 4.79 Å². The number of hydrogen-bond acceptors (Lipinski definition) is 3. The fourth-order valence-corrected chi connectivity index (χ4v) is 1.73. The third-order valence-electron chi connectivity index (χ3n) is 2.87. The Kier molecular flexibility index (Phi) is 11.2. The number of hydrogen-bond donors (Lipinski definition) is 0. The minimum Gasteiger partial charge on any atom is -0.466 e. The van der Waals surface area contributed by atoms with Crippen LogP contribution in [0.4, 0.5) is 0 Å². The molecule has 0 unspecified atom stereocenters. The summed E-state index contributed by atoms with van der Waals surface area (Å²) in [5, 5.41) is 3.47. The second-order valence-corrected chi connectivity index (χ2v) is 4.71. The van der Waals surface area contributed by atoms with Crippen molar-refractivity contribution in [2.24, 2.45) is 5.11 Å². The Labute approximate surface area is 121 Å². The molecule has 20 heavy (non-hydrogen) atoms. The molecule has 0 aromatic carbocycles. The minimum absolute atomic E-state index is 0.114. The Morgan fingerprint density at radius 3 is 2.55 bits per heavy atom. The molecule has 0 radical (unpaired) electrons. The third-order valence-corrected chi connectivity index (χ3v) is 2.87. The lowest BCUT2D eigenvalue weighted by molar-refractivity contribution is -0.143. The molecule has 0 N–H and O–H groups in total. The van der Waals surface area contributed by atoms with Crippen LogP contribution in [0.2, 0.25) is 0 Å². The zero-order valence-electron chi connectivity index (χ0n) is 12.8. The van der Waals surface area contributed by atoms with E-state index in [4.69, 9.17) is 10.3 Å². The first kappa shape index (κ1) is 18.3. The fourth-order valence-electron chi connectivity index (χ4n) is 1.73. The lowest BCUT2D eigenvalue weighted by atomic mass is 10.1. The number of rotatable bonds is 10. The number of carbonyl (C=O) groups is 1. The van der Waals surface area contributed by atoms with Crippen molar-refractivity contribution in [2.45, 2.75) is 52.9 Å². The van der Waals surface area contributed by atoms with Gasteiger partial charge in [-0.2, -0.15) is 0 Å². The smallest absolute Gasteiger partial charge is 0.305 e.